The summed E-state index contributed by atoms with van der Waals surface area (Å²) in [5.74, 6) is 0.428. The minimum atomic E-state index is -0.262. The van der Waals surface area contributed by atoms with Crippen molar-refractivity contribution < 1.29 is 14.3 Å². The summed E-state index contributed by atoms with van der Waals surface area (Å²) < 4.78 is 10.8. The minimum absolute atomic E-state index is 0.151. The SMILES string of the molecule is N=C(/C=C\C(=N)c1ccccc1)[N-]C(=N)COc1ccnc(NC(=O)N2CCOCC2)c1. The van der Waals surface area contributed by atoms with Gasteiger partial charge in [-0.2, -0.15) is 0 Å². The number of morpholine rings is 1. The van der Waals surface area contributed by atoms with Crippen LogP contribution in [0.25, 0.3) is 5.32 Å². The molecule has 166 valence electrons. The van der Waals surface area contributed by atoms with Crippen LogP contribution in [-0.4, -0.2) is 66.2 Å². The van der Waals surface area contributed by atoms with Gasteiger partial charge in [0.25, 0.3) is 0 Å². The van der Waals surface area contributed by atoms with Crippen molar-refractivity contribution in [3.8, 4) is 5.75 Å². The molecular formula is C22H24N7O3-. The van der Waals surface area contributed by atoms with E-state index in [1.165, 1.54) is 18.3 Å². The van der Waals surface area contributed by atoms with E-state index in [-0.39, 0.29) is 30.0 Å². The number of nitrogens with one attached hydrogen (secondary N) is 4. The summed E-state index contributed by atoms with van der Waals surface area (Å²) in [6.07, 6.45) is 4.31. The Kier molecular flexibility index (Phi) is 8.04. The molecule has 32 heavy (non-hydrogen) atoms. The molecule has 4 N–H and O–H groups in total. The molecule has 1 aromatic heterocycles. The number of pyridine rings is 1. The molecule has 0 bridgehead atoms. The van der Waals surface area contributed by atoms with Crippen LogP contribution in [0.15, 0.2) is 60.8 Å². The zero-order valence-electron chi connectivity index (χ0n) is 17.4. The van der Waals surface area contributed by atoms with Crippen molar-refractivity contribution in [1.82, 2.24) is 9.88 Å². The number of carbonyl (C=O) groups is 1. The third kappa shape index (κ3) is 7.03. The first-order valence-electron chi connectivity index (χ1n) is 9.93. The lowest BCUT2D eigenvalue weighted by atomic mass is 10.1. The van der Waals surface area contributed by atoms with E-state index < -0.39 is 0 Å². The minimum Gasteiger partial charge on any atom is -0.488 e. The molecule has 0 atom stereocenters. The number of hydrogen-bond donors (Lipinski definition) is 4. The normalized spacial score (nSPS) is 13.4. The topological polar surface area (TPSA) is 149 Å². The van der Waals surface area contributed by atoms with Gasteiger partial charge in [0.05, 0.1) is 18.9 Å². The smallest absolute Gasteiger partial charge is 0.323 e. The maximum absolute atomic E-state index is 12.3. The van der Waals surface area contributed by atoms with Crippen LogP contribution in [0, 0.1) is 16.2 Å². The fourth-order valence-corrected chi connectivity index (χ4v) is 2.77. The van der Waals surface area contributed by atoms with Crippen molar-refractivity contribution in [2.45, 2.75) is 0 Å². The van der Waals surface area contributed by atoms with Gasteiger partial charge >= 0.3 is 6.03 Å². The fourth-order valence-electron chi connectivity index (χ4n) is 2.77. The Hall–Kier alpha value is -4.05. The van der Waals surface area contributed by atoms with E-state index in [0.717, 1.165) is 5.56 Å². The summed E-state index contributed by atoms with van der Waals surface area (Å²) in [5, 5.41) is 30.3. The Morgan fingerprint density at radius 2 is 1.91 bits per heavy atom. The summed E-state index contributed by atoms with van der Waals surface area (Å²) in [7, 11) is 0. The Morgan fingerprint density at radius 1 is 1.16 bits per heavy atom. The number of amidine groups is 2. The summed E-state index contributed by atoms with van der Waals surface area (Å²) >= 11 is 0. The number of benzene rings is 1. The highest BCUT2D eigenvalue weighted by atomic mass is 16.5. The first-order valence-corrected chi connectivity index (χ1v) is 9.93. The van der Waals surface area contributed by atoms with E-state index in [4.69, 9.17) is 25.7 Å². The van der Waals surface area contributed by atoms with E-state index >= 15 is 0 Å². The molecule has 3 rings (SSSR count). The maximum atomic E-state index is 12.3. The molecule has 0 spiro atoms. The molecule has 10 heteroatoms. The summed E-state index contributed by atoms with van der Waals surface area (Å²) in [4.78, 5) is 18.0. The third-order valence-corrected chi connectivity index (χ3v) is 4.39. The monoisotopic (exact) mass is 434 g/mol. The van der Waals surface area contributed by atoms with Gasteiger partial charge in [0.15, 0.2) is 0 Å². The van der Waals surface area contributed by atoms with E-state index in [1.807, 2.05) is 18.2 Å². The van der Waals surface area contributed by atoms with Crippen molar-refractivity contribution in [2.24, 2.45) is 0 Å². The summed E-state index contributed by atoms with van der Waals surface area (Å²) in [6.45, 7) is 1.89. The molecule has 0 radical (unpaired) electrons. The summed E-state index contributed by atoms with van der Waals surface area (Å²) in [5.41, 5.74) is 0.973. The lowest BCUT2D eigenvalue weighted by Gasteiger charge is -2.26. The second-order valence-electron chi connectivity index (χ2n) is 6.75. The quantitative estimate of drug-likeness (QED) is 0.391. The molecule has 1 aliphatic heterocycles. The zero-order valence-corrected chi connectivity index (χ0v) is 17.4. The second kappa shape index (κ2) is 11.4. The van der Waals surface area contributed by atoms with Crippen molar-refractivity contribution in [3.05, 3.63) is 71.7 Å². The Bertz CT molecular complexity index is 1000. The van der Waals surface area contributed by atoms with E-state index in [1.54, 1.807) is 29.2 Å². The van der Waals surface area contributed by atoms with Gasteiger partial charge in [-0.3, -0.25) is 5.32 Å². The maximum Gasteiger partial charge on any atom is 0.323 e. The van der Waals surface area contributed by atoms with Crippen LogP contribution in [0.5, 0.6) is 5.75 Å². The van der Waals surface area contributed by atoms with Crippen LogP contribution in [0.4, 0.5) is 10.6 Å². The lowest BCUT2D eigenvalue weighted by molar-refractivity contribution is 0.0564. The predicted octanol–water partition coefficient (Wildman–Crippen LogP) is 3.28. The third-order valence-electron chi connectivity index (χ3n) is 4.39. The molecular weight excluding hydrogens is 410 g/mol. The molecule has 2 aromatic rings. The van der Waals surface area contributed by atoms with Gasteiger partial charge < -0.3 is 35.9 Å². The highest BCUT2D eigenvalue weighted by Gasteiger charge is 2.17. The molecule has 0 saturated carbocycles. The zero-order chi connectivity index (χ0) is 22.8. The van der Waals surface area contributed by atoms with Crippen LogP contribution < -0.4 is 10.1 Å². The Labute approximate surface area is 185 Å². The number of carbonyl (C=O) groups excluding carboxylic acids is 1. The molecule has 0 unspecified atom stereocenters. The molecule has 2 heterocycles. The Balaban J connectivity index is 1.44. The van der Waals surface area contributed by atoms with E-state index in [9.17, 15) is 4.79 Å². The predicted molar refractivity (Wildman–Crippen MR) is 122 cm³/mol. The molecule has 1 fully saturated rings. The average Bonchev–Trinajstić information content (AvgIpc) is 2.82. The molecule has 2 amide bonds. The van der Waals surface area contributed by atoms with E-state index in [2.05, 4.69) is 15.6 Å². The van der Waals surface area contributed by atoms with Gasteiger partial charge in [0, 0.05) is 37.0 Å². The standard InChI is InChI=1S/C22H25N7O3/c23-18(16-4-2-1-3-5-16)6-7-19(24)27-20(25)15-32-17-8-9-26-21(14-17)28-22(30)29-10-12-31-13-11-29/h1-9,14,23H,10-13,15H2,(H4,24,25,26,27,28,30)/p-1/b7-6-,23-18?. The van der Waals surface area contributed by atoms with Gasteiger partial charge in [0.2, 0.25) is 0 Å². The van der Waals surface area contributed by atoms with Crippen molar-refractivity contribution in [1.29, 1.82) is 16.2 Å². The van der Waals surface area contributed by atoms with Gasteiger partial charge in [-0.25, -0.2) is 9.78 Å². The van der Waals surface area contributed by atoms with Crippen molar-refractivity contribution in [3.63, 3.8) is 0 Å². The first-order chi connectivity index (χ1) is 15.5. The highest BCUT2D eigenvalue weighted by Crippen LogP contribution is 2.15. The molecule has 1 aromatic carbocycles. The number of rotatable bonds is 7. The number of anilines is 1. The molecule has 1 saturated heterocycles. The van der Waals surface area contributed by atoms with Crippen LogP contribution >= 0.6 is 0 Å². The average molecular weight is 434 g/mol. The lowest BCUT2D eigenvalue weighted by Crippen LogP contribution is -2.43. The molecule has 0 aliphatic carbocycles. The molecule has 10 nitrogen and oxygen atoms in total. The van der Waals surface area contributed by atoms with Gasteiger partial charge in [-0.15, -0.1) is 0 Å². The number of hydrogen-bond acceptors (Lipinski definition) is 7. The van der Waals surface area contributed by atoms with Crippen LogP contribution in [0.2, 0.25) is 0 Å². The Morgan fingerprint density at radius 3 is 2.66 bits per heavy atom. The number of amides is 2. The number of nitrogens with zero attached hydrogens (tertiary/aromatic N) is 3. The number of ether oxygens (including phenoxy) is 2. The second-order valence-corrected chi connectivity index (χ2v) is 6.75. The number of aromatic nitrogens is 1. The van der Waals surface area contributed by atoms with Crippen LogP contribution in [-0.2, 0) is 4.74 Å². The van der Waals surface area contributed by atoms with Gasteiger partial charge in [-0.05, 0) is 23.8 Å². The van der Waals surface area contributed by atoms with Crippen molar-refractivity contribution in [2.75, 3.05) is 38.2 Å². The number of urea groups is 1. The number of allylic oxidation sites excluding steroid dienone is 1. The van der Waals surface area contributed by atoms with Crippen molar-refractivity contribution >= 4 is 29.2 Å². The largest absolute Gasteiger partial charge is 0.488 e. The fraction of sp³-hybridized carbons (Fsp3) is 0.227. The van der Waals surface area contributed by atoms with Gasteiger partial charge in [-0.1, -0.05) is 30.3 Å². The summed E-state index contributed by atoms with van der Waals surface area (Å²) in [6, 6.07) is 12.0. The van der Waals surface area contributed by atoms with Crippen LogP contribution in [0.1, 0.15) is 5.56 Å². The van der Waals surface area contributed by atoms with E-state index in [0.29, 0.717) is 37.9 Å². The molecule has 1 aliphatic rings. The highest BCUT2D eigenvalue weighted by molar-refractivity contribution is 6.21. The van der Waals surface area contributed by atoms with Gasteiger partial charge in [0.1, 0.15) is 18.2 Å². The first kappa shape index (κ1) is 22.6. The van der Waals surface area contributed by atoms with Crippen LogP contribution in [0.3, 0.4) is 0 Å².